The molecule has 0 unspecified atom stereocenters. The van der Waals surface area contributed by atoms with Gasteiger partial charge in [-0.25, -0.2) is 0 Å². The molecule has 0 saturated carbocycles. The molecule has 2 aromatic rings. The third-order valence-electron chi connectivity index (χ3n) is 5.07. The number of carbonyl (C=O) groups excluding carboxylic acids is 2. The van der Waals surface area contributed by atoms with Gasteiger partial charge in [0.2, 0.25) is 5.91 Å². The maximum absolute atomic E-state index is 11.8. The molecular formula is C25H33NO3. The summed E-state index contributed by atoms with van der Waals surface area (Å²) in [4.78, 5) is 22.8. The van der Waals surface area contributed by atoms with Crippen molar-refractivity contribution < 1.29 is 14.3 Å². The zero-order valence-corrected chi connectivity index (χ0v) is 17.5. The lowest BCUT2D eigenvalue weighted by Crippen LogP contribution is -2.26. The maximum atomic E-state index is 11.8. The van der Waals surface area contributed by atoms with Gasteiger partial charge in [0.1, 0.15) is 0 Å². The summed E-state index contributed by atoms with van der Waals surface area (Å²) in [6.07, 6.45) is 8.65. The van der Waals surface area contributed by atoms with E-state index in [9.17, 15) is 9.59 Å². The fraction of sp³-hybridized carbons (Fsp3) is 0.440. The largest absolute Gasteiger partial charge is 0.469 e. The highest BCUT2D eigenvalue weighted by Gasteiger charge is 2.05. The van der Waals surface area contributed by atoms with Crippen molar-refractivity contribution in [2.45, 2.75) is 57.8 Å². The molecule has 29 heavy (non-hydrogen) atoms. The monoisotopic (exact) mass is 395 g/mol. The van der Waals surface area contributed by atoms with Crippen LogP contribution in [0.4, 0.5) is 0 Å². The standard InChI is InChI=1S/C25H33NO3/c1-29-25(28)19-20-26-24(27)18-17-23-15-13-22(14-16-23)12-6-3-2-5-9-21-10-7-4-8-11-21/h4,7-8,10-11,13-16H,2-3,5-6,9,12,17-20H2,1H3,(H,26,27). The molecule has 1 amide bonds. The quantitative estimate of drug-likeness (QED) is 0.397. The molecule has 0 saturated heterocycles. The number of esters is 1. The van der Waals surface area contributed by atoms with Gasteiger partial charge in [-0.3, -0.25) is 9.59 Å². The van der Waals surface area contributed by atoms with Gasteiger partial charge >= 0.3 is 5.97 Å². The van der Waals surface area contributed by atoms with Crippen LogP contribution in [0.2, 0.25) is 0 Å². The van der Waals surface area contributed by atoms with Crippen LogP contribution in [-0.4, -0.2) is 25.5 Å². The lowest BCUT2D eigenvalue weighted by molar-refractivity contribution is -0.140. The van der Waals surface area contributed by atoms with Crippen molar-refractivity contribution in [3.05, 3.63) is 71.3 Å². The summed E-state index contributed by atoms with van der Waals surface area (Å²) in [5.41, 5.74) is 3.96. The Bertz CT molecular complexity index is 725. The number of aryl methyl sites for hydroxylation is 3. The molecule has 0 radical (unpaired) electrons. The molecule has 0 aromatic heterocycles. The second-order valence-electron chi connectivity index (χ2n) is 7.39. The van der Waals surface area contributed by atoms with Gasteiger partial charge in [0.15, 0.2) is 0 Å². The number of hydrogen-bond acceptors (Lipinski definition) is 3. The lowest BCUT2D eigenvalue weighted by Gasteiger charge is -2.06. The SMILES string of the molecule is COC(=O)CCNC(=O)CCc1ccc(CCCCCCc2ccccc2)cc1. The highest BCUT2D eigenvalue weighted by Crippen LogP contribution is 2.12. The Morgan fingerprint density at radius 1 is 0.724 bits per heavy atom. The Morgan fingerprint density at radius 3 is 1.86 bits per heavy atom. The highest BCUT2D eigenvalue weighted by molar-refractivity contribution is 5.77. The van der Waals surface area contributed by atoms with E-state index < -0.39 is 0 Å². The van der Waals surface area contributed by atoms with Crippen LogP contribution >= 0.6 is 0 Å². The Morgan fingerprint density at radius 2 is 1.28 bits per heavy atom. The predicted octanol–water partition coefficient (Wildman–Crippen LogP) is 4.64. The van der Waals surface area contributed by atoms with Gasteiger partial charge in [-0.15, -0.1) is 0 Å². The Labute approximate surface area is 174 Å². The minimum atomic E-state index is -0.308. The molecule has 0 fully saturated rings. The number of nitrogens with one attached hydrogen (secondary N) is 1. The smallest absolute Gasteiger partial charge is 0.307 e. The van der Waals surface area contributed by atoms with E-state index >= 15 is 0 Å². The third-order valence-corrected chi connectivity index (χ3v) is 5.07. The molecule has 1 N–H and O–H groups in total. The molecule has 0 aliphatic heterocycles. The number of carbonyl (C=O) groups is 2. The third kappa shape index (κ3) is 9.93. The van der Waals surface area contributed by atoms with E-state index in [0.29, 0.717) is 19.4 Å². The molecule has 0 bridgehead atoms. The summed E-state index contributed by atoms with van der Waals surface area (Å²) in [5.74, 6) is -0.342. The summed E-state index contributed by atoms with van der Waals surface area (Å²) < 4.78 is 4.55. The number of methoxy groups -OCH3 is 1. The first-order valence-corrected chi connectivity index (χ1v) is 10.6. The molecule has 156 valence electrons. The van der Waals surface area contributed by atoms with Gasteiger partial charge in [0, 0.05) is 13.0 Å². The van der Waals surface area contributed by atoms with E-state index in [4.69, 9.17) is 0 Å². The van der Waals surface area contributed by atoms with Crippen molar-refractivity contribution in [1.29, 1.82) is 0 Å². The number of amides is 1. The molecule has 0 aliphatic carbocycles. The van der Waals surface area contributed by atoms with Gasteiger partial charge in [-0.2, -0.15) is 0 Å². The zero-order chi connectivity index (χ0) is 20.7. The van der Waals surface area contributed by atoms with Crippen molar-refractivity contribution in [3.63, 3.8) is 0 Å². The number of ether oxygens (including phenoxy) is 1. The van der Waals surface area contributed by atoms with Crippen LogP contribution in [0.5, 0.6) is 0 Å². The van der Waals surface area contributed by atoms with Crippen molar-refractivity contribution in [2.75, 3.05) is 13.7 Å². The van der Waals surface area contributed by atoms with Crippen molar-refractivity contribution in [1.82, 2.24) is 5.32 Å². The fourth-order valence-electron chi connectivity index (χ4n) is 3.28. The average Bonchev–Trinajstić information content (AvgIpc) is 2.76. The molecular weight excluding hydrogens is 362 g/mol. The van der Waals surface area contributed by atoms with E-state index in [0.717, 1.165) is 6.42 Å². The topological polar surface area (TPSA) is 55.4 Å². The Kier molecular flexibility index (Phi) is 10.6. The van der Waals surface area contributed by atoms with Gasteiger partial charge in [-0.1, -0.05) is 67.4 Å². The minimum absolute atomic E-state index is 0.0338. The van der Waals surface area contributed by atoms with Crippen molar-refractivity contribution >= 4 is 11.9 Å². The summed E-state index contributed by atoms with van der Waals surface area (Å²) in [7, 11) is 1.35. The first kappa shape index (κ1) is 22.7. The first-order valence-electron chi connectivity index (χ1n) is 10.6. The van der Waals surface area contributed by atoms with Crippen LogP contribution in [-0.2, 0) is 33.6 Å². The minimum Gasteiger partial charge on any atom is -0.469 e. The van der Waals surface area contributed by atoms with Crippen molar-refractivity contribution in [2.24, 2.45) is 0 Å². The van der Waals surface area contributed by atoms with E-state index in [1.807, 2.05) is 0 Å². The average molecular weight is 396 g/mol. The van der Waals surface area contributed by atoms with Crippen LogP contribution in [0.1, 0.15) is 55.2 Å². The lowest BCUT2D eigenvalue weighted by atomic mass is 10.0. The Hall–Kier alpha value is -2.62. The maximum Gasteiger partial charge on any atom is 0.307 e. The van der Waals surface area contributed by atoms with Crippen LogP contribution < -0.4 is 5.32 Å². The van der Waals surface area contributed by atoms with Gasteiger partial charge < -0.3 is 10.1 Å². The van der Waals surface area contributed by atoms with Gasteiger partial charge in [0.25, 0.3) is 0 Å². The first-order chi connectivity index (χ1) is 14.2. The second kappa shape index (κ2) is 13.5. The second-order valence-corrected chi connectivity index (χ2v) is 7.39. The Balaban J connectivity index is 1.55. The van der Waals surface area contributed by atoms with Crippen molar-refractivity contribution in [3.8, 4) is 0 Å². The van der Waals surface area contributed by atoms with Crippen LogP contribution in [0.3, 0.4) is 0 Å². The van der Waals surface area contributed by atoms with E-state index in [1.54, 1.807) is 0 Å². The number of unbranched alkanes of at least 4 members (excludes halogenated alkanes) is 3. The number of benzene rings is 2. The van der Waals surface area contributed by atoms with Crippen LogP contribution in [0, 0.1) is 0 Å². The molecule has 4 nitrogen and oxygen atoms in total. The van der Waals surface area contributed by atoms with Crippen LogP contribution in [0.15, 0.2) is 54.6 Å². The predicted molar refractivity (Wildman–Crippen MR) is 117 cm³/mol. The zero-order valence-electron chi connectivity index (χ0n) is 17.5. The molecule has 0 atom stereocenters. The summed E-state index contributed by atoms with van der Waals surface area (Å²) in [6, 6.07) is 19.3. The molecule has 2 aromatic carbocycles. The van der Waals surface area contributed by atoms with E-state index in [2.05, 4.69) is 64.7 Å². The molecule has 0 spiro atoms. The highest BCUT2D eigenvalue weighted by atomic mass is 16.5. The van der Waals surface area contributed by atoms with E-state index in [1.165, 1.54) is 55.9 Å². The van der Waals surface area contributed by atoms with E-state index in [-0.39, 0.29) is 18.3 Å². The number of hydrogen-bond donors (Lipinski definition) is 1. The molecule has 4 heteroatoms. The fourth-order valence-corrected chi connectivity index (χ4v) is 3.28. The summed E-state index contributed by atoms with van der Waals surface area (Å²) >= 11 is 0. The normalized spacial score (nSPS) is 10.5. The molecule has 0 aliphatic rings. The van der Waals surface area contributed by atoms with Crippen LogP contribution in [0.25, 0.3) is 0 Å². The number of rotatable bonds is 13. The molecule has 0 heterocycles. The summed E-state index contributed by atoms with van der Waals surface area (Å²) in [6.45, 7) is 0.329. The summed E-state index contributed by atoms with van der Waals surface area (Å²) in [5, 5.41) is 2.74. The van der Waals surface area contributed by atoms with Gasteiger partial charge in [0.05, 0.1) is 13.5 Å². The molecule has 2 rings (SSSR count). The van der Waals surface area contributed by atoms with Gasteiger partial charge in [-0.05, 0) is 48.8 Å².